The second-order valence-corrected chi connectivity index (χ2v) is 8.90. The van der Waals surface area contributed by atoms with E-state index in [1.165, 1.54) is 28.8 Å². The lowest BCUT2D eigenvalue weighted by Gasteiger charge is -2.14. The molecule has 3 aromatic rings. The second kappa shape index (κ2) is 8.13. The summed E-state index contributed by atoms with van der Waals surface area (Å²) >= 11 is 13.8. The molecule has 0 atom stereocenters. The summed E-state index contributed by atoms with van der Waals surface area (Å²) in [5.74, 6) is -0.189. The smallest absolute Gasteiger partial charge is 0.270 e. The Morgan fingerprint density at radius 2 is 1.93 bits per heavy atom. The number of nitrogens with zero attached hydrogens (tertiary/aromatic N) is 1. The highest BCUT2D eigenvalue weighted by molar-refractivity contribution is 8.27. The minimum Gasteiger partial charge on any atom is -0.450 e. The molecule has 2 heterocycles. The molecule has 1 amide bonds. The largest absolute Gasteiger partial charge is 0.450 e. The van der Waals surface area contributed by atoms with Crippen molar-refractivity contribution < 1.29 is 13.6 Å². The van der Waals surface area contributed by atoms with E-state index in [-0.39, 0.29) is 5.91 Å². The van der Waals surface area contributed by atoms with Gasteiger partial charge in [0.25, 0.3) is 5.91 Å². The van der Waals surface area contributed by atoms with Crippen molar-refractivity contribution in [3.63, 3.8) is 0 Å². The van der Waals surface area contributed by atoms with Crippen LogP contribution in [0.4, 0.5) is 10.1 Å². The van der Waals surface area contributed by atoms with Crippen LogP contribution in [0, 0.1) is 5.82 Å². The van der Waals surface area contributed by atoms with Crippen LogP contribution >= 0.6 is 47.3 Å². The Balaban J connectivity index is 1.53. The maximum atomic E-state index is 13.5. The van der Waals surface area contributed by atoms with Crippen molar-refractivity contribution >= 4 is 69.3 Å². The second-order valence-electron chi connectivity index (χ2n) is 5.71. The summed E-state index contributed by atoms with van der Waals surface area (Å²) in [7, 11) is 0. The van der Waals surface area contributed by atoms with Gasteiger partial charge in [0, 0.05) is 16.0 Å². The predicted octanol–water partition coefficient (Wildman–Crippen LogP) is 6.63. The minimum atomic E-state index is -0.426. The Kier molecular flexibility index (Phi) is 5.59. The molecule has 0 saturated carbocycles. The first-order chi connectivity index (χ1) is 13.5. The van der Waals surface area contributed by atoms with Gasteiger partial charge in [-0.2, -0.15) is 0 Å². The van der Waals surface area contributed by atoms with Crippen LogP contribution in [-0.4, -0.2) is 10.2 Å². The molecule has 28 heavy (non-hydrogen) atoms. The fourth-order valence-corrected chi connectivity index (χ4v) is 4.70. The highest BCUT2D eigenvalue weighted by Gasteiger charge is 2.33. The number of amides is 1. The Morgan fingerprint density at radius 3 is 2.68 bits per heavy atom. The Morgan fingerprint density at radius 1 is 1.14 bits per heavy atom. The topological polar surface area (TPSA) is 33.5 Å². The molecule has 140 valence electrons. The van der Waals surface area contributed by atoms with Gasteiger partial charge in [-0.15, -0.1) is 0 Å². The number of carbonyl (C=O) groups excluding carboxylic acids is 1. The van der Waals surface area contributed by atoms with Crippen molar-refractivity contribution in [2.75, 3.05) is 4.90 Å². The number of hydrogen-bond acceptors (Lipinski definition) is 5. The third-order valence-electron chi connectivity index (χ3n) is 3.77. The van der Waals surface area contributed by atoms with E-state index in [9.17, 15) is 9.18 Å². The molecule has 0 spiro atoms. The average molecular weight is 448 g/mol. The minimum absolute atomic E-state index is 0.302. The molecular weight excluding hydrogens is 437 g/mol. The van der Waals surface area contributed by atoms with Crippen LogP contribution in [0.15, 0.2) is 80.0 Å². The number of thiocarbonyl (C=S) groups is 1. The highest BCUT2D eigenvalue weighted by Crippen LogP contribution is 2.37. The van der Waals surface area contributed by atoms with Gasteiger partial charge in [0.1, 0.15) is 11.6 Å². The van der Waals surface area contributed by atoms with Crippen LogP contribution in [0.5, 0.6) is 0 Å². The van der Waals surface area contributed by atoms with E-state index >= 15 is 0 Å². The standard InChI is InChI=1S/C20H11ClFNO2S3/c21-12-4-7-16(8-5-12)27-18-9-6-15(25-18)11-17-19(24)23(20(26)28-17)14-3-1-2-13(22)10-14/h1-11H/b17-11+. The van der Waals surface area contributed by atoms with E-state index in [0.29, 0.717) is 30.8 Å². The van der Waals surface area contributed by atoms with E-state index < -0.39 is 5.82 Å². The summed E-state index contributed by atoms with van der Waals surface area (Å²) in [5, 5.41) is 1.36. The number of anilines is 1. The number of hydrogen-bond donors (Lipinski definition) is 0. The summed E-state index contributed by atoms with van der Waals surface area (Å²) in [5.41, 5.74) is 0.407. The zero-order valence-electron chi connectivity index (χ0n) is 14.1. The molecule has 0 radical (unpaired) electrons. The maximum Gasteiger partial charge on any atom is 0.270 e. The fraction of sp³-hybridized carbons (Fsp3) is 0. The van der Waals surface area contributed by atoms with Crippen LogP contribution in [0.1, 0.15) is 5.76 Å². The average Bonchev–Trinajstić information content (AvgIpc) is 3.21. The molecule has 3 nitrogen and oxygen atoms in total. The highest BCUT2D eigenvalue weighted by atomic mass is 35.5. The van der Waals surface area contributed by atoms with Crippen LogP contribution in [0.2, 0.25) is 5.02 Å². The number of benzene rings is 2. The van der Waals surface area contributed by atoms with E-state index in [1.54, 1.807) is 24.3 Å². The number of rotatable bonds is 4. The van der Waals surface area contributed by atoms with E-state index in [4.69, 9.17) is 28.2 Å². The lowest BCUT2D eigenvalue weighted by atomic mass is 10.2. The molecule has 1 aromatic heterocycles. The quantitative estimate of drug-likeness (QED) is 0.331. The van der Waals surface area contributed by atoms with Crippen molar-refractivity contribution in [3.8, 4) is 0 Å². The molecule has 1 aliphatic heterocycles. The van der Waals surface area contributed by atoms with Crippen LogP contribution in [-0.2, 0) is 4.79 Å². The predicted molar refractivity (Wildman–Crippen MR) is 116 cm³/mol. The molecule has 2 aromatic carbocycles. The van der Waals surface area contributed by atoms with Crippen molar-refractivity contribution in [3.05, 3.63) is 82.2 Å². The Bertz CT molecular complexity index is 1090. The van der Waals surface area contributed by atoms with Gasteiger partial charge in [0.15, 0.2) is 9.41 Å². The number of thioether (sulfide) groups is 1. The molecule has 0 unspecified atom stereocenters. The van der Waals surface area contributed by atoms with Gasteiger partial charge >= 0.3 is 0 Å². The molecule has 1 fully saturated rings. The Hall–Kier alpha value is -2.06. The van der Waals surface area contributed by atoms with Gasteiger partial charge < -0.3 is 4.42 Å². The first-order valence-corrected chi connectivity index (χ1v) is 10.5. The van der Waals surface area contributed by atoms with Crippen LogP contribution in [0.25, 0.3) is 6.08 Å². The monoisotopic (exact) mass is 447 g/mol. The summed E-state index contributed by atoms with van der Waals surface area (Å²) in [6.07, 6.45) is 1.64. The van der Waals surface area contributed by atoms with E-state index in [2.05, 4.69) is 0 Å². The molecule has 0 N–H and O–H groups in total. The Labute approximate surface area is 179 Å². The molecule has 1 saturated heterocycles. The van der Waals surface area contributed by atoms with Gasteiger partial charge in [-0.3, -0.25) is 9.69 Å². The first-order valence-electron chi connectivity index (χ1n) is 8.06. The zero-order chi connectivity index (χ0) is 19.7. The molecule has 8 heteroatoms. The molecule has 0 bridgehead atoms. The van der Waals surface area contributed by atoms with Gasteiger partial charge in [0.05, 0.1) is 10.6 Å². The van der Waals surface area contributed by atoms with Gasteiger partial charge in [-0.25, -0.2) is 4.39 Å². The van der Waals surface area contributed by atoms with Crippen molar-refractivity contribution in [1.29, 1.82) is 0 Å². The van der Waals surface area contributed by atoms with Gasteiger partial charge in [-0.1, -0.05) is 53.4 Å². The SMILES string of the molecule is O=C1/C(=C\c2ccc(Sc3ccc(Cl)cc3)o2)SC(=S)N1c1cccc(F)c1. The normalized spacial score (nSPS) is 15.6. The third kappa shape index (κ3) is 4.17. The van der Waals surface area contributed by atoms with Crippen LogP contribution < -0.4 is 4.90 Å². The molecule has 0 aliphatic carbocycles. The van der Waals surface area contributed by atoms with E-state index in [1.807, 2.05) is 30.3 Å². The van der Waals surface area contributed by atoms with Crippen molar-refractivity contribution in [2.45, 2.75) is 9.99 Å². The van der Waals surface area contributed by atoms with Gasteiger partial charge in [0.2, 0.25) is 0 Å². The summed E-state index contributed by atoms with van der Waals surface area (Å²) in [4.78, 5) is 15.5. The number of carbonyl (C=O) groups is 1. The van der Waals surface area contributed by atoms with Crippen LogP contribution in [0.3, 0.4) is 0 Å². The molecule has 4 rings (SSSR count). The first kappa shape index (κ1) is 19.3. The van der Waals surface area contributed by atoms with Crippen molar-refractivity contribution in [2.24, 2.45) is 0 Å². The fourth-order valence-electron chi connectivity index (χ4n) is 2.52. The molecular formula is C20H11ClFNO2S3. The van der Waals surface area contributed by atoms with E-state index in [0.717, 1.165) is 16.7 Å². The lowest BCUT2D eigenvalue weighted by molar-refractivity contribution is -0.113. The summed E-state index contributed by atoms with van der Waals surface area (Å²) in [6, 6.07) is 16.8. The summed E-state index contributed by atoms with van der Waals surface area (Å²) < 4.78 is 19.6. The third-order valence-corrected chi connectivity index (χ3v) is 6.25. The lowest BCUT2D eigenvalue weighted by Crippen LogP contribution is -2.27. The van der Waals surface area contributed by atoms with Crippen molar-refractivity contribution in [1.82, 2.24) is 0 Å². The number of furan rings is 1. The molecule has 1 aliphatic rings. The maximum absolute atomic E-state index is 13.5. The van der Waals surface area contributed by atoms with Gasteiger partial charge in [-0.05, 0) is 54.6 Å². The zero-order valence-corrected chi connectivity index (χ0v) is 17.3. The summed E-state index contributed by atoms with van der Waals surface area (Å²) in [6.45, 7) is 0. The number of halogens is 2.